The number of hydrogen-bond donors (Lipinski definition) is 1. The van der Waals surface area contributed by atoms with Crippen LogP contribution in [0.15, 0.2) is 99.8 Å². The Bertz CT molecular complexity index is 2040. The Kier molecular flexibility index (Phi) is 5.22. The van der Waals surface area contributed by atoms with Gasteiger partial charge in [0.2, 0.25) is 0 Å². The van der Waals surface area contributed by atoms with Crippen LogP contribution in [-0.2, 0) is 4.65 Å². The van der Waals surface area contributed by atoms with E-state index in [0.29, 0.717) is 0 Å². The Hall–Kier alpha value is -4.06. The highest BCUT2D eigenvalue weighted by atomic mass is 16.5. The highest BCUT2D eigenvalue weighted by Gasteiger charge is 2.36. The Balaban J connectivity index is 1.40. The van der Waals surface area contributed by atoms with Crippen LogP contribution in [0, 0.1) is 0 Å². The normalized spacial score (nSPS) is 12.8. The molecule has 7 rings (SSSR count). The molecular formula is C34H28BO4. The monoisotopic (exact) mass is 511 g/mol. The highest BCUT2D eigenvalue weighted by molar-refractivity contribution is 6.52. The van der Waals surface area contributed by atoms with Crippen LogP contribution in [0.4, 0.5) is 0 Å². The average molecular weight is 511 g/mol. The van der Waals surface area contributed by atoms with Gasteiger partial charge >= 0.3 is 7.48 Å². The minimum atomic E-state index is -1.01. The third kappa shape index (κ3) is 3.84. The van der Waals surface area contributed by atoms with E-state index in [9.17, 15) is 5.11 Å². The molecule has 2 aromatic heterocycles. The van der Waals surface area contributed by atoms with Crippen molar-refractivity contribution in [3.63, 3.8) is 0 Å². The maximum atomic E-state index is 10.6. The minimum absolute atomic E-state index is 0.776. The van der Waals surface area contributed by atoms with Crippen LogP contribution in [0.25, 0.3) is 65.8 Å². The lowest BCUT2D eigenvalue weighted by molar-refractivity contribution is -0.0893. The van der Waals surface area contributed by atoms with Crippen molar-refractivity contribution in [2.45, 2.75) is 38.9 Å². The fraction of sp³-hybridized carbons (Fsp3) is 0.176. The Morgan fingerprint density at radius 3 is 2.08 bits per heavy atom. The SMILES string of the molecule is CC(C)(O)C(C)(C)O[B]c1cccc2oc3ccc(-c4cccc5oc6cc7ccccc7cc6c45)cc3c12. The lowest BCUT2D eigenvalue weighted by Crippen LogP contribution is -2.49. The molecule has 5 heteroatoms. The van der Waals surface area contributed by atoms with E-state index < -0.39 is 11.2 Å². The van der Waals surface area contributed by atoms with Gasteiger partial charge in [0.25, 0.3) is 0 Å². The molecule has 0 fully saturated rings. The van der Waals surface area contributed by atoms with Crippen molar-refractivity contribution >= 4 is 67.6 Å². The van der Waals surface area contributed by atoms with Gasteiger partial charge in [0.05, 0.1) is 11.2 Å². The quantitative estimate of drug-likeness (QED) is 0.237. The molecule has 0 aliphatic heterocycles. The number of rotatable bonds is 5. The van der Waals surface area contributed by atoms with Gasteiger partial charge in [-0.2, -0.15) is 0 Å². The van der Waals surface area contributed by atoms with Gasteiger partial charge in [0.15, 0.2) is 0 Å². The van der Waals surface area contributed by atoms with E-state index in [0.717, 1.165) is 65.9 Å². The summed E-state index contributed by atoms with van der Waals surface area (Å²) in [4.78, 5) is 0. The van der Waals surface area contributed by atoms with Gasteiger partial charge in [-0.15, -0.1) is 0 Å². The summed E-state index contributed by atoms with van der Waals surface area (Å²) in [6.45, 7) is 7.27. The number of aliphatic hydroxyl groups is 1. The predicted molar refractivity (Wildman–Crippen MR) is 161 cm³/mol. The summed E-state index contributed by atoms with van der Waals surface area (Å²) >= 11 is 0. The highest BCUT2D eigenvalue weighted by Crippen LogP contribution is 2.40. The van der Waals surface area contributed by atoms with Crippen LogP contribution in [-0.4, -0.2) is 23.8 Å². The standard InChI is InChI=1S/C34H28BO4/c1-33(2,36)34(3,4)39-35-26-12-8-14-29-32(26)24-18-22(15-16-27(24)37-29)23-11-7-13-28-31(23)25-17-20-9-5-6-10-21(20)19-30(25)38-28/h5-19,36H,1-4H3. The van der Waals surface area contributed by atoms with Crippen LogP contribution in [0.2, 0.25) is 0 Å². The van der Waals surface area contributed by atoms with Crippen molar-refractivity contribution < 1.29 is 18.6 Å². The van der Waals surface area contributed by atoms with E-state index in [4.69, 9.17) is 13.5 Å². The second-order valence-electron chi connectivity index (χ2n) is 11.3. The summed E-state index contributed by atoms with van der Waals surface area (Å²) in [6, 6.07) is 31.2. The predicted octanol–water partition coefficient (Wildman–Crippen LogP) is 8.12. The summed E-state index contributed by atoms with van der Waals surface area (Å²) in [5.41, 5.74) is 4.66. The first-order valence-electron chi connectivity index (χ1n) is 13.2. The topological polar surface area (TPSA) is 55.7 Å². The molecule has 0 aliphatic carbocycles. The number of fused-ring (bicyclic) bond motifs is 7. The fourth-order valence-corrected chi connectivity index (χ4v) is 5.23. The van der Waals surface area contributed by atoms with Crippen LogP contribution in [0.5, 0.6) is 0 Å². The van der Waals surface area contributed by atoms with Gasteiger partial charge in [0.1, 0.15) is 22.3 Å². The van der Waals surface area contributed by atoms with Crippen molar-refractivity contribution in [3.05, 3.63) is 91.0 Å². The molecular weight excluding hydrogens is 483 g/mol. The molecule has 191 valence electrons. The van der Waals surface area contributed by atoms with E-state index in [-0.39, 0.29) is 0 Å². The average Bonchev–Trinajstić information content (AvgIpc) is 3.47. The van der Waals surface area contributed by atoms with Crippen molar-refractivity contribution in [3.8, 4) is 11.1 Å². The van der Waals surface area contributed by atoms with Gasteiger partial charge in [-0.25, -0.2) is 0 Å². The fourth-order valence-electron chi connectivity index (χ4n) is 5.23. The lowest BCUT2D eigenvalue weighted by Gasteiger charge is -2.37. The number of furan rings is 2. The van der Waals surface area contributed by atoms with Gasteiger partial charge in [-0.1, -0.05) is 54.6 Å². The smallest absolute Gasteiger partial charge is 0.331 e. The van der Waals surface area contributed by atoms with Crippen LogP contribution in [0.3, 0.4) is 0 Å². The third-order valence-corrected chi connectivity index (χ3v) is 8.16. The van der Waals surface area contributed by atoms with Crippen LogP contribution in [0.1, 0.15) is 27.7 Å². The number of hydrogen-bond acceptors (Lipinski definition) is 4. The van der Waals surface area contributed by atoms with Crippen molar-refractivity contribution in [2.75, 3.05) is 0 Å². The summed E-state index contributed by atoms with van der Waals surface area (Å²) in [5, 5.41) is 17.1. The van der Waals surface area contributed by atoms with Gasteiger partial charge < -0.3 is 18.6 Å². The zero-order valence-electron chi connectivity index (χ0n) is 22.4. The van der Waals surface area contributed by atoms with E-state index >= 15 is 0 Å². The number of benzene rings is 5. The lowest BCUT2D eigenvalue weighted by atomic mass is 9.80. The minimum Gasteiger partial charge on any atom is -0.456 e. The van der Waals surface area contributed by atoms with Gasteiger partial charge in [-0.3, -0.25) is 0 Å². The van der Waals surface area contributed by atoms with Crippen molar-refractivity contribution in [1.82, 2.24) is 0 Å². The summed E-state index contributed by atoms with van der Waals surface area (Å²) in [5.74, 6) is 0. The molecule has 7 aromatic rings. The van der Waals surface area contributed by atoms with Crippen LogP contribution >= 0.6 is 0 Å². The second-order valence-corrected chi connectivity index (χ2v) is 11.3. The van der Waals surface area contributed by atoms with Gasteiger partial charge in [0, 0.05) is 21.5 Å². The largest absolute Gasteiger partial charge is 0.456 e. The molecule has 0 unspecified atom stereocenters. The summed E-state index contributed by atoms with van der Waals surface area (Å²) < 4.78 is 18.7. The molecule has 5 aromatic carbocycles. The summed E-state index contributed by atoms with van der Waals surface area (Å²) in [6.07, 6.45) is 0. The molecule has 1 radical (unpaired) electrons. The maximum absolute atomic E-state index is 10.6. The first-order valence-corrected chi connectivity index (χ1v) is 13.2. The van der Waals surface area contributed by atoms with E-state index in [1.165, 1.54) is 5.39 Å². The van der Waals surface area contributed by atoms with E-state index in [1.807, 2.05) is 50.2 Å². The van der Waals surface area contributed by atoms with E-state index in [1.54, 1.807) is 21.3 Å². The van der Waals surface area contributed by atoms with Crippen LogP contribution < -0.4 is 5.46 Å². The Morgan fingerprint density at radius 2 is 1.31 bits per heavy atom. The Labute approximate surface area is 227 Å². The zero-order chi connectivity index (χ0) is 26.9. The molecule has 0 saturated heterocycles. The molecule has 4 nitrogen and oxygen atoms in total. The molecule has 2 heterocycles. The molecule has 0 bridgehead atoms. The first kappa shape index (κ1) is 24.0. The molecule has 0 atom stereocenters. The first-order chi connectivity index (χ1) is 18.7. The molecule has 0 amide bonds. The summed E-state index contributed by atoms with van der Waals surface area (Å²) in [7, 11) is 1.73. The Morgan fingerprint density at radius 1 is 0.641 bits per heavy atom. The van der Waals surface area contributed by atoms with E-state index in [2.05, 4.69) is 54.6 Å². The van der Waals surface area contributed by atoms with Crippen molar-refractivity contribution in [1.29, 1.82) is 0 Å². The third-order valence-electron chi connectivity index (χ3n) is 8.16. The maximum Gasteiger partial charge on any atom is 0.331 e. The second kappa shape index (κ2) is 8.47. The molecule has 39 heavy (non-hydrogen) atoms. The molecule has 0 spiro atoms. The zero-order valence-corrected chi connectivity index (χ0v) is 22.4. The molecule has 0 saturated carbocycles. The van der Waals surface area contributed by atoms with Gasteiger partial charge in [-0.05, 0) is 91.5 Å². The van der Waals surface area contributed by atoms with Crippen molar-refractivity contribution in [2.24, 2.45) is 0 Å². The molecule has 1 N–H and O–H groups in total. The molecule has 0 aliphatic rings.